The van der Waals surface area contributed by atoms with Crippen molar-refractivity contribution in [2.24, 2.45) is 4.99 Å². The van der Waals surface area contributed by atoms with Crippen molar-refractivity contribution in [3.63, 3.8) is 0 Å². The summed E-state index contributed by atoms with van der Waals surface area (Å²) in [5.74, 6) is 1.24. The molecule has 0 bridgehead atoms. The summed E-state index contributed by atoms with van der Waals surface area (Å²) in [5.41, 5.74) is 3.13. The molecule has 4 rings (SSSR count). The van der Waals surface area contributed by atoms with E-state index < -0.39 is 5.97 Å². The number of nitrogens with zero attached hydrogens (tertiary/aromatic N) is 1. The van der Waals surface area contributed by atoms with E-state index in [-0.39, 0.29) is 11.1 Å². The van der Waals surface area contributed by atoms with E-state index in [9.17, 15) is 4.79 Å². The van der Waals surface area contributed by atoms with Crippen LogP contribution in [0.4, 0.5) is 0 Å². The summed E-state index contributed by atoms with van der Waals surface area (Å²) >= 11 is 0. The van der Waals surface area contributed by atoms with E-state index in [0.29, 0.717) is 30.6 Å². The molecule has 27 heavy (non-hydrogen) atoms. The Bertz CT molecular complexity index is 949. The van der Waals surface area contributed by atoms with Gasteiger partial charge in [-0.05, 0) is 46.9 Å². The quantitative estimate of drug-likeness (QED) is 0.595. The molecule has 138 valence electrons. The van der Waals surface area contributed by atoms with Crippen LogP contribution in [-0.2, 0) is 14.9 Å². The minimum atomic E-state index is -0.459. The second-order valence-corrected chi connectivity index (χ2v) is 7.57. The first-order chi connectivity index (χ1) is 12.9. The molecule has 0 aromatic heterocycles. The minimum Gasteiger partial charge on any atom is -0.486 e. The van der Waals surface area contributed by atoms with E-state index in [1.54, 1.807) is 6.08 Å². The van der Waals surface area contributed by atoms with Crippen LogP contribution in [0.2, 0.25) is 0 Å². The second-order valence-electron chi connectivity index (χ2n) is 7.57. The maximum absolute atomic E-state index is 12.2. The predicted molar refractivity (Wildman–Crippen MR) is 103 cm³/mol. The average Bonchev–Trinajstić information content (AvgIpc) is 3.01. The number of carbonyl (C=O) groups is 1. The van der Waals surface area contributed by atoms with Crippen molar-refractivity contribution in [1.82, 2.24) is 0 Å². The van der Waals surface area contributed by atoms with Crippen LogP contribution in [0, 0.1) is 0 Å². The van der Waals surface area contributed by atoms with E-state index in [4.69, 9.17) is 14.2 Å². The summed E-state index contributed by atoms with van der Waals surface area (Å²) in [4.78, 5) is 16.6. The molecule has 5 nitrogen and oxygen atoms in total. The zero-order chi connectivity index (χ0) is 19.0. The molecule has 0 amide bonds. The molecular formula is C22H21NO4. The fourth-order valence-corrected chi connectivity index (χ4v) is 2.95. The molecule has 2 aromatic carbocycles. The number of esters is 1. The molecular weight excluding hydrogens is 342 g/mol. The van der Waals surface area contributed by atoms with Gasteiger partial charge in [-0.3, -0.25) is 0 Å². The van der Waals surface area contributed by atoms with Crippen LogP contribution in [0.5, 0.6) is 11.5 Å². The van der Waals surface area contributed by atoms with Gasteiger partial charge in [-0.15, -0.1) is 0 Å². The Hall–Kier alpha value is -3.08. The summed E-state index contributed by atoms with van der Waals surface area (Å²) in [5, 5.41) is 0. The lowest BCUT2D eigenvalue weighted by atomic mass is 9.87. The van der Waals surface area contributed by atoms with Crippen molar-refractivity contribution in [2.45, 2.75) is 26.2 Å². The number of carbonyl (C=O) groups excluding carboxylic acids is 1. The summed E-state index contributed by atoms with van der Waals surface area (Å²) in [7, 11) is 0. The first-order valence-corrected chi connectivity index (χ1v) is 8.93. The molecule has 0 atom stereocenters. The number of rotatable bonds is 2. The molecule has 0 radical (unpaired) electrons. The molecule has 0 unspecified atom stereocenters. The van der Waals surface area contributed by atoms with Crippen LogP contribution >= 0.6 is 0 Å². The number of ether oxygens (including phenoxy) is 3. The molecule has 2 aliphatic rings. The van der Waals surface area contributed by atoms with Crippen molar-refractivity contribution in [3.8, 4) is 11.5 Å². The van der Waals surface area contributed by atoms with Gasteiger partial charge in [0.1, 0.15) is 13.2 Å². The molecule has 2 aromatic rings. The van der Waals surface area contributed by atoms with Crippen LogP contribution in [-0.4, -0.2) is 25.1 Å². The topological polar surface area (TPSA) is 57.1 Å². The van der Waals surface area contributed by atoms with Gasteiger partial charge in [0.25, 0.3) is 0 Å². The number of aliphatic imine (C=N–C) groups is 1. The van der Waals surface area contributed by atoms with Crippen molar-refractivity contribution in [3.05, 3.63) is 64.9 Å². The lowest BCUT2D eigenvalue weighted by Gasteiger charge is -2.18. The molecule has 0 N–H and O–H groups in total. The molecule has 0 aliphatic carbocycles. The molecule has 0 spiro atoms. The van der Waals surface area contributed by atoms with Crippen molar-refractivity contribution >= 4 is 17.9 Å². The van der Waals surface area contributed by atoms with Gasteiger partial charge < -0.3 is 14.2 Å². The first kappa shape index (κ1) is 17.3. The lowest BCUT2D eigenvalue weighted by molar-refractivity contribution is -0.129. The molecule has 0 saturated heterocycles. The van der Waals surface area contributed by atoms with Crippen molar-refractivity contribution in [1.29, 1.82) is 0 Å². The average molecular weight is 363 g/mol. The van der Waals surface area contributed by atoms with Crippen LogP contribution in [0.3, 0.4) is 0 Å². The largest absolute Gasteiger partial charge is 0.486 e. The van der Waals surface area contributed by atoms with Gasteiger partial charge in [0.15, 0.2) is 17.2 Å². The number of benzene rings is 2. The van der Waals surface area contributed by atoms with Gasteiger partial charge in [-0.1, -0.05) is 39.0 Å². The van der Waals surface area contributed by atoms with E-state index in [1.165, 1.54) is 5.56 Å². The summed E-state index contributed by atoms with van der Waals surface area (Å²) in [6.07, 6.45) is 1.69. The highest BCUT2D eigenvalue weighted by Crippen LogP contribution is 2.32. The zero-order valence-corrected chi connectivity index (χ0v) is 15.6. The standard InChI is InChI=1S/C22H21NO4/c1-22(2,3)16-7-5-15(6-8-16)20-23-17(21(24)27-20)12-14-4-9-18-19(13-14)26-11-10-25-18/h4-9,12-13H,10-11H2,1-3H3/b17-12+. The highest BCUT2D eigenvalue weighted by Gasteiger charge is 2.25. The van der Waals surface area contributed by atoms with Crippen molar-refractivity contribution < 1.29 is 19.0 Å². The van der Waals surface area contributed by atoms with Crippen LogP contribution < -0.4 is 9.47 Å². The third-order valence-corrected chi connectivity index (χ3v) is 4.49. The van der Waals surface area contributed by atoms with Gasteiger partial charge in [-0.25, -0.2) is 9.79 Å². The fraction of sp³-hybridized carbons (Fsp3) is 0.273. The minimum absolute atomic E-state index is 0.0655. The molecule has 0 saturated carbocycles. The summed E-state index contributed by atoms with van der Waals surface area (Å²) < 4.78 is 16.4. The van der Waals surface area contributed by atoms with Gasteiger partial charge in [0.05, 0.1) is 0 Å². The van der Waals surface area contributed by atoms with Crippen LogP contribution in [0.1, 0.15) is 37.5 Å². The molecule has 5 heteroatoms. The van der Waals surface area contributed by atoms with Gasteiger partial charge in [0.2, 0.25) is 5.90 Å². The Morgan fingerprint density at radius 3 is 2.37 bits per heavy atom. The van der Waals surface area contributed by atoms with Crippen molar-refractivity contribution in [2.75, 3.05) is 13.2 Å². The Labute approximate surface area is 158 Å². The summed E-state index contributed by atoms with van der Waals surface area (Å²) in [6, 6.07) is 13.5. The highest BCUT2D eigenvalue weighted by molar-refractivity contribution is 6.12. The first-order valence-electron chi connectivity index (χ1n) is 8.93. The Balaban J connectivity index is 1.60. The number of hydrogen-bond donors (Lipinski definition) is 0. The van der Waals surface area contributed by atoms with E-state index in [0.717, 1.165) is 11.1 Å². The lowest BCUT2D eigenvalue weighted by Crippen LogP contribution is -2.15. The third kappa shape index (κ3) is 3.58. The maximum atomic E-state index is 12.2. The predicted octanol–water partition coefficient (Wildman–Crippen LogP) is 4.10. The normalized spacial score (nSPS) is 17.7. The second kappa shape index (κ2) is 6.58. The fourth-order valence-electron chi connectivity index (χ4n) is 2.95. The maximum Gasteiger partial charge on any atom is 0.363 e. The van der Waals surface area contributed by atoms with E-state index in [1.807, 2.05) is 42.5 Å². The van der Waals surface area contributed by atoms with Crippen LogP contribution in [0.15, 0.2) is 53.2 Å². The van der Waals surface area contributed by atoms with Gasteiger partial charge in [0, 0.05) is 5.56 Å². The molecule has 2 heterocycles. The summed E-state index contributed by atoms with van der Waals surface area (Å²) in [6.45, 7) is 7.53. The van der Waals surface area contributed by atoms with Crippen LogP contribution in [0.25, 0.3) is 6.08 Å². The number of fused-ring (bicyclic) bond motifs is 1. The Morgan fingerprint density at radius 1 is 0.963 bits per heavy atom. The van der Waals surface area contributed by atoms with Gasteiger partial charge >= 0.3 is 5.97 Å². The zero-order valence-electron chi connectivity index (χ0n) is 15.6. The monoisotopic (exact) mass is 363 g/mol. The number of cyclic esters (lactones) is 1. The number of hydrogen-bond acceptors (Lipinski definition) is 5. The smallest absolute Gasteiger partial charge is 0.363 e. The highest BCUT2D eigenvalue weighted by atomic mass is 16.6. The molecule has 0 fully saturated rings. The Kier molecular flexibility index (Phi) is 4.22. The Morgan fingerprint density at radius 2 is 1.67 bits per heavy atom. The third-order valence-electron chi connectivity index (χ3n) is 4.49. The van der Waals surface area contributed by atoms with Gasteiger partial charge in [-0.2, -0.15) is 0 Å². The SMILES string of the molecule is CC(C)(C)c1ccc(C2=N/C(=C/c3ccc4c(c3)OCCO4)C(=O)O2)cc1. The van der Waals surface area contributed by atoms with E-state index in [2.05, 4.69) is 25.8 Å². The van der Waals surface area contributed by atoms with E-state index >= 15 is 0 Å². The molecule has 2 aliphatic heterocycles.